The van der Waals surface area contributed by atoms with Gasteiger partial charge in [0.25, 0.3) is 0 Å². The molecule has 0 unspecified atom stereocenters. The van der Waals surface area contributed by atoms with Crippen LogP contribution in [-0.4, -0.2) is 11.4 Å². The minimum Gasteiger partial charge on any atom is -0.374 e. The van der Waals surface area contributed by atoms with Crippen LogP contribution in [0.15, 0.2) is 42.6 Å². The average molecular weight is 217 g/mol. The minimum absolute atomic E-state index is 1.01. The fourth-order valence-corrected chi connectivity index (χ4v) is 1.63. The number of nitrogens with zero attached hydrogens (tertiary/aromatic N) is 1. The predicted octanol–water partition coefficient (Wildman–Crippen LogP) is 4.21. The lowest BCUT2D eigenvalue weighted by Gasteiger charge is -2.18. The predicted molar refractivity (Wildman–Crippen MR) is 71.2 cm³/mol. The molecular formula is C15H23N. The Bertz CT molecular complexity index is 290. The molecule has 0 aliphatic rings. The first-order valence-electron chi connectivity index (χ1n) is 6.31. The van der Waals surface area contributed by atoms with Gasteiger partial charge in [-0.05, 0) is 25.1 Å². The maximum absolute atomic E-state index is 2.35. The summed E-state index contributed by atoms with van der Waals surface area (Å²) < 4.78 is 0. The summed E-state index contributed by atoms with van der Waals surface area (Å²) >= 11 is 0. The molecule has 1 aromatic rings. The van der Waals surface area contributed by atoms with Gasteiger partial charge in [-0.2, -0.15) is 0 Å². The SMILES string of the molecule is CCCCC=CN(CC)Cc1ccccc1. The second-order valence-electron chi connectivity index (χ2n) is 4.08. The van der Waals surface area contributed by atoms with E-state index in [2.05, 4.69) is 61.4 Å². The van der Waals surface area contributed by atoms with Crippen molar-refractivity contribution in [2.24, 2.45) is 0 Å². The van der Waals surface area contributed by atoms with Gasteiger partial charge in [0, 0.05) is 13.1 Å². The van der Waals surface area contributed by atoms with Gasteiger partial charge in [-0.15, -0.1) is 0 Å². The van der Waals surface area contributed by atoms with E-state index < -0.39 is 0 Å². The third-order valence-electron chi connectivity index (χ3n) is 2.68. The molecule has 0 heterocycles. The average Bonchev–Trinajstić information content (AvgIpc) is 2.34. The van der Waals surface area contributed by atoms with Crippen molar-refractivity contribution >= 4 is 0 Å². The van der Waals surface area contributed by atoms with E-state index in [0.29, 0.717) is 0 Å². The normalized spacial score (nSPS) is 10.9. The minimum atomic E-state index is 1.01. The molecule has 1 heteroatoms. The van der Waals surface area contributed by atoms with Gasteiger partial charge >= 0.3 is 0 Å². The summed E-state index contributed by atoms with van der Waals surface area (Å²) in [5, 5.41) is 0. The molecule has 0 aromatic heterocycles. The number of rotatable bonds is 7. The molecular weight excluding hydrogens is 194 g/mol. The van der Waals surface area contributed by atoms with E-state index in [-0.39, 0.29) is 0 Å². The molecule has 0 saturated heterocycles. The molecule has 0 radical (unpaired) electrons. The van der Waals surface area contributed by atoms with Crippen molar-refractivity contribution in [3.8, 4) is 0 Å². The van der Waals surface area contributed by atoms with Crippen LogP contribution >= 0.6 is 0 Å². The quantitative estimate of drug-likeness (QED) is 0.618. The first kappa shape index (κ1) is 12.8. The zero-order valence-electron chi connectivity index (χ0n) is 10.5. The number of hydrogen-bond acceptors (Lipinski definition) is 1. The van der Waals surface area contributed by atoms with E-state index in [1.165, 1.54) is 24.8 Å². The van der Waals surface area contributed by atoms with Crippen molar-refractivity contribution in [3.63, 3.8) is 0 Å². The van der Waals surface area contributed by atoms with Crippen LogP contribution in [0.4, 0.5) is 0 Å². The van der Waals surface area contributed by atoms with E-state index >= 15 is 0 Å². The molecule has 88 valence electrons. The van der Waals surface area contributed by atoms with Crippen molar-refractivity contribution in [2.75, 3.05) is 6.54 Å². The van der Waals surface area contributed by atoms with Crippen LogP contribution in [0.3, 0.4) is 0 Å². The van der Waals surface area contributed by atoms with Crippen LogP contribution in [0.25, 0.3) is 0 Å². The van der Waals surface area contributed by atoms with Gasteiger partial charge in [-0.1, -0.05) is 56.2 Å². The third-order valence-corrected chi connectivity index (χ3v) is 2.68. The van der Waals surface area contributed by atoms with E-state index in [0.717, 1.165) is 13.1 Å². The summed E-state index contributed by atoms with van der Waals surface area (Å²) in [6.07, 6.45) is 8.29. The first-order valence-corrected chi connectivity index (χ1v) is 6.31. The summed E-state index contributed by atoms with van der Waals surface area (Å²) in [6.45, 7) is 6.51. The molecule has 0 saturated carbocycles. The van der Waals surface area contributed by atoms with Gasteiger partial charge in [0.05, 0.1) is 0 Å². The van der Waals surface area contributed by atoms with Gasteiger partial charge in [-0.25, -0.2) is 0 Å². The van der Waals surface area contributed by atoms with Crippen molar-refractivity contribution in [3.05, 3.63) is 48.2 Å². The van der Waals surface area contributed by atoms with E-state index in [1.54, 1.807) is 0 Å². The number of unbranched alkanes of at least 4 members (excludes halogenated alkanes) is 2. The third kappa shape index (κ3) is 5.01. The molecule has 1 rings (SSSR count). The molecule has 0 spiro atoms. The van der Waals surface area contributed by atoms with Crippen LogP contribution in [0.1, 0.15) is 38.7 Å². The topological polar surface area (TPSA) is 3.24 Å². The summed E-state index contributed by atoms with van der Waals surface area (Å²) in [4.78, 5) is 2.35. The molecule has 16 heavy (non-hydrogen) atoms. The molecule has 1 aromatic carbocycles. The van der Waals surface area contributed by atoms with Gasteiger partial charge in [0.1, 0.15) is 0 Å². The van der Waals surface area contributed by atoms with Gasteiger partial charge in [0.15, 0.2) is 0 Å². The zero-order chi connectivity index (χ0) is 11.6. The van der Waals surface area contributed by atoms with E-state index in [9.17, 15) is 0 Å². The van der Waals surface area contributed by atoms with E-state index in [4.69, 9.17) is 0 Å². The van der Waals surface area contributed by atoms with Crippen LogP contribution in [0.2, 0.25) is 0 Å². The second-order valence-corrected chi connectivity index (χ2v) is 4.08. The van der Waals surface area contributed by atoms with Crippen LogP contribution in [0, 0.1) is 0 Å². The molecule has 0 fully saturated rings. The highest BCUT2D eigenvalue weighted by Crippen LogP contribution is 2.05. The number of benzene rings is 1. The lowest BCUT2D eigenvalue weighted by atomic mass is 10.2. The largest absolute Gasteiger partial charge is 0.374 e. The highest BCUT2D eigenvalue weighted by atomic mass is 15.1. The monoisotopic (exact) mass is 217 g/mol. The Kier molecular flexibility index (Phi) is 6.39. The van der Waals surface area contributed by atoms with Gasteiger partial charge in [-0.3, -0.25) is 0 Å². The Morgan fingerprint density at radius 1 is 1.12 bits per heavy atom. The van der Waals surface area contributed by atoms with Crippen LogP contribution in [0.5, 0.6) is 0 Å². The summed E-state index contributed by atoms with van der Waals surface area (Å²) in [5.74, 6) is 0. The molecule has 0 aliphatic carbocycles. The molecule has 0 bridgehead atoms. The molecule has 1 nitrogen and oxygen atoms in total. The number of hydrogen-bond donors (Lipinski definition) is 0. The molecule has 0 atom stereocenters. The lowest BCUT2D eigenvalue weighted by molar-refractivity contribution is 0.388. The van der Waals surface area contributed by atoms with Crippen LogP contribution in [-0.2, 0) is 6.54 Å². The van der Waals surface area contributed by atoms with Crippen molar-refractivity contribution in [1.82, 2.24) is 4.90 Å². The summed E-state index contributed by atoms with van der Waals surface area (Å²) in [5.41, 5.74) is 1.38. The Morgan fingerprint density at radius 2 is 1.88 bits per heavy atom. The number of allylic oxidation sites excluding steroid dienone is 1. The zero-order valence-corrected chi connectivity index (χ0v) is 10.5. The van der Waals surface area contributed by atoms with E-state index in [1.807, 2.05) is 0 Å². The molecule has 0 aliphatic heterocycles. The lowest BCUT2D eigenvalue weighted by Crippen LogP contribution is -2.15. The standard InChI is InChI=1S/C15H23N/c1-3-5-6-10-13-16(4-2)14-15-11-8-7-9-12-15/h7-13H,3-6,14H2,1-2H3. The summed E-state index contributed by atoms with van der Waals surface area (Å²) in [6, 6.07) is 10.6. The fourth-order valence-electron chi connectivity index (χ4n) is 1.63. The Hall–Kier alpha value is -1.24. The maximum Gasteiger partial charge on any atom is 0.0423 e. The highest BCUT2D eigenvalue weighted by Gasteiger charge is 1.96. The fraction of sp³-hybridized carbons (Fsp3) is 0.467. The Labute approximate surface area is 99.8 Å². The first-order chi connectivity index (χ1) is 7.86. The summed E-state index contributed by atoms with van der Waals surface area (Å²) in [7, 11) is 0. The highest BCUT2D eigenvalue weighted by molar-refractivity contribution is 5.14. The van der Waals surface area contributed by atoms with Crippen molar-refractivity contribution in [2.45, 2.75) is 39.7 Å². The van der Waals surface area contributed by atoms with Crippen molar-refractivity contribution < 1.29 is 0 Å². The molecule has 0 N–H and O–H groups in total. The van der Waals surface area contributed by atoms with Gasteiger partial charge < -0.3 is 4.90 Å². The Balaban J connectivity index is 2.40. The smallest absolute Gasteiger partial charge is 0.0423 e. The maximum atomic E-state index is 2.35. The van der Waals surface area contributed by atoms with Gasteiger partial charge in [0.2, 0.25) is 0 Å². The van der Waals surface area contributed by atoms with Crippen molar-refractivity contribution in [1.29, 1.82) is 0 Å². The Morgan fingerprint density at radius 3 is 2.50 bits per heavy atom. The second kappa shape index (κ2) is 7.98. The molecule has 0 amide bonds. The van der Waals surface area contributed by atoms with Crippen LogP contribution < -0.4 is 0 Å².